The van der Waals surface area contributed by atoms with Gasteiger partial charge in [-0.1, -0.05) is 29.8 Å². The lowest BCUT2D eigenvalue weighted by molar-refractivity contribution is -0.137. The number of hydrogen-bond donors (Lipinski definition) is 1. The molecule has 17 heavy (non-hydrogen) atoms. The molecule has 1 aromatic carbocycles. The van der Waals surface area contributed by atoms with Crippen LogP contribution in [0.3, 0.4) is 0 Å². The highest BCUT2D eigenvalue weighted by Gasteiger charge is 2.33. The summed E-state index contributed by atoms with van der Waals surface area (Å²) in [4.78, 5) is 13.8. The zero-order valence-electron chi connectivity index (χ0n) is 10.5. The molecule has 1 saturated heterocycles. The number of rotatable bonds is 2. The second-order valence-corrected chi connectivity index (χ2v) is 4.74. The highest BCUT2D eigenvalue weighted by molar-refractivity contribution is 5.77. The van der Waals surface area contributed by atoms with Crippen LogP contribution in [0.4, 0.5) is 0 Å². The average Bonchev–Trinajstić information content (AvgIpc) is 2.33. The number of benzene rings is 1. The van der Waals surface area contributed by atoms with Gasteiger partial charge in [-0.05, 0) is 25.8 Å². The molecule has 3 heteroatoms. The Balaban J connectivity index is 2.32. The summed E-state index contributed by atoms with van der Waals surface area (Å²) in [5.41, 5.74) is 8.56. The van der Waals surface area contributed by atoms with Crippen molar-refractivity contribution in [2.45, 2.75) is 38.8 Å². The molecule has 0 bridgehead atoms. The molecular formula is C14H20N2O. The van der Waals surface area contributed by atoms with Crippen LogP contribution in [-0.2, 0) is 4.79 Å². The summed E-state index contributed by atoms with van der Waals surface area (Å²) in [5.74, 6) is 0.222. The Labute approximate surface area is 103 Å². The van der Waals surface area contributed by atoms with E-state index in [-0.39, 0.29) is 18.0 Å². The van der Waals surface area contributed by atoms with Gasteiger partial charge in [-0.3, -0.25) is 4.79 Å². The largest absolute Gasteiger partial charge is 0.334 e. The highest BCUT2D eigenvalue weighted by Crippen LogP contribution is 2.30. The lowest BCUT2D eigenvalue weighted by Crippen LogP contribution is -2.48. The molecule has 0 aromatic heterocycles. The van der Waals surface area contributed by atoms with Crippen molar-refractivity contribution in [2.24, 2.45) is 5.73 Å². The lowest BCUT2D eigenvalue weighted by Gasteiger charge is -2.39. The maximum absolute atomic E-state index is 11.9. The molecular weight excluding hydrogens is 212 g/mol. The lowest BCUT2D eigenvalue weighted by atomic mass is 9.90. The monoisotopic (exact) mass is 232 g/mol. The molecule has 1 aliphatic heterocycles. The molecule has 1 amide bonds. The Bertz CT molecular complexity index is 399. The maximum atomic E-state index is 11.9. The van der Waals surface area contributed by atoms with Crippen LogP contribution in [-0.4, -0.2) is 23.4 Å². The first-order chi connectivity index (χ1) is 8.13. The van der Waals surface area contributed by atoms with Crippen LogP contribution in [0.2, 0.25) is 0 Å². The van der Waals surface area contributed by atoms with Crippen molar-refractivity contribution in [3.63, 3.8) is 0 Å². The van der Waals surface area contributed by atoms with E-state index >= 15 is 0 Å². The van der Waals surface area contributed by atoms with Gasteiger partial charge >= 0.3 is 0 Å². The van der Waals surface area contributed by atoms with E-state index in [2.05, 4.69) is 31.2 Å². The number of nitrogens with zero attached hydrogens (tertiary/aromatic N) is 1. The Morgan fingerprint density at radius 3 is 2.59 bits per heavy atom. The third kappa shape index (κ3) is 2.34. The van der Waals surface area contributed by atoms with Crippen LogP contribution in [0.1, 0.15) is 36.9 Å². The number of carbonyl (C=O) groups is 1. The van der Waals surface area contributed by atoms with Crippen molar-refractivity contribution in [2.75, 3.05) is 6.54 Å². The predicted molar refractivity (Wildman–Crippen MR) is 68.5 cm³/mol. The summed E-state index contributed by atoms with van der Waals surface area (Å²) < 4.78 is 0. The summed E-state index contributed by atoms with van der Waals surface area (Å²) in [5, 5.41) is 0. The quantitative estimate of drug-likeness (QED) is 0.847. The Morgan fingerprint density at radius 1 is 1.35 bits per heavy atom. The molecule has 2 unspecified atom stereocenters. The van der Waals surface area contributed by atoms with E-state index in [4.69, 9.17) is 5.73 Å². The average molecular weight is 232 g/mol. The summed E-state index contributed by atoms with van der Waals surface area (Å²) >= 11 is 0. The Morgan fingerprint density at radius 2 is 2.00 bits per heavy atom. The highest BCUT2D eigenvalue weighted by atomic mass is 16.2. The summed E-state index contributed by atoms with van der Waals surface area (Å²) in [6.45, 7) is 4.80. The molecule has 0 spiro atoms. The molecule has 0 saturated carbocycles. The molecule has 3 nitrogen and oxygen atoms in total. The molecule has 2 rings (SSSR count). The normalized spacial score (nSPS) is 25.1. The van der Waals surface area contributed by atoms with E-state index in [9.17, 15) is 4.79 Å². The number of amides is 1. The van der Waals surface area contributed by atoms with Crippen LogP contribution in [0.25, 0.3) is 0 Å². The third-order valence-electron chi connectivity index (χ3n) is 3.51. The number of carbonyl (C=O) groups excluding carboxylic acids is 1. The van der Waals surface area contributed by atoms with Gasteiger partial charge in [-0.25, -0.2) is 0 Å². The zero-order valence-corrected chi connectivity index (χ0v) is 10.5. The van der Waals surface area contributed by atoms with E-state index < -0.39 is 0 Å². The Hall–Kier alpha value is -1.35. The van der Waals surface area contributed by atoms with Crippen molar-refractivity contribution in [3.8, 4) is 0 Å². The first kappa shape index (κ1) is 12.1. The van der Waals surface area contributed by atoms with Crippen molar-refractivity contribution in [1.29, 1.82) is 0 Å². The van der Waals surface area contributed by atoms with Gasteiger partial charge < -0.3 is 10.6 Å². The molecule has 1 aromatic rings. The molecule has 1 heterocycles. The number of hydrogen-bond acceptors (Lipinski definition) is 2. The van der Waals surface area contributed by atoms with Crippen LogP contribution >= 0.6 is 0 Å². The minimum Gasteiger partial charge on any atom is -0.334 e. The SMILES string of the molecule is CCN1C(=O)CCC(N)C1c1ccc(C)cc1. The van der Waals surface area contributed by atoms with Crippen LogP contribution < -0.4 is 5.73 Å². The maximum Gasteiger partial charge on any atom is 0.223 e. The number of nitrogens with two attached hydrogens (primary N) is 1. The van der Waals surface area contributed by atoms with Gasteiger partial charge in [0.1, 0.15) is 0 Å². The van der Waals surface area contributed by atoms with Gasteiger partial charge in [0.05, 0.1) is 6.04 Å². The number of aryl methyl sites for hydroxylation is 1. The Kier molecular flexibility index (Phi) is 3.48. The van der Waals surface area contributed by atoms with E-state index in [0.29, 0.717) is 6.42 Å². The second-order valence-electron chi connectivity index (χ2n) is 4.74. The van der Waals surface area contributed by atoms with E-state index in [1.165, 1.54) is 5.56 Å². The van der Waals surface area contributed by atoms with Crippen LogP contribution in [0.5, 0.6) is 0 Å². The molecule has 92 valence electrons. The third-order valence-corrected chi connectivity index (χ3v) is 3.51. The second kappa shape index (κ2) is 4.88. The van der Waals surface area contributed by atoms with Crippen molar-refractivity contribution in [1.82, 2.24) is 4.90 Å². The van der Waals surface area contributed by atoms with Gasteiger partial charge in [0.2, 0.25) is 5.91 Å². The number of piperidine rings is 1. The predicted octanol–water partition coefficient (Wildman–Crippen LogP) is 2.01. The zero-order chi connectivity index (χ0) is 12.4. The first-order valence-electron chi connectivity index (χ1n) is 6.25. The topological polar surface area (TPSA) is 46.3 Å². The van der Waals surface area contributed by atoms with E-state index in [0.717, 1.165) is 18.5 Å². The van der Waals surface area contributed by atoms with Gasteiger partial charge in [0.25, 0.3) is 0 Å². The van der Waals surface area contributed by atoms with E-state index in [1.807, 2.05) is 11.8 Å². The minimum atomic E-state index is 0.0434. The van der Waals surface area contributed by atoms with Crippen LogP contribution in [0.15, 0.2) is 24.3 Å². The standard InChI is InChI=1S/C14H20N2O/c1-3-16-13(17)9-8-12(15)14(16)11-6-4-10(2)5-7-11/h4-7,12,14H,3,8-9,15H2,1-2H3. The molecule has 0 aliphatic carbocycles. The molecule has 1 fully saturated rings. The molecule has 0 radical (unpaired) electrons. The van der Waals surface area contributed by atoms with Crippen LogP contribution in [0, 0.1) is 6.92 Å². The molecule has 2 N–H and O–H groups in total. The fourth-order valence-corrected chi connectivity index (χ4v) is 2.54. The summed E-state index contributed by atoms with van der Waals surface area (Å²) in [6.07, 6.45) is 1.37. The van der Waals surface area contributed by atoms with Gasteiger partial charge in [-0.15, -0.1) is 0 Å². The molecule has 1 aliphatic rings. The fraction of sp³-hybridized carbons (Fsp3) is 0.500. The van der Waals surface area contributed by atoms with Crippen molar-refractivity contribution < 1.29 is 4.79 Å². The van der Waals surface area contributed by atoms with Crippen molar-refractivity contribution in [3.05, 3.63) is 35.4 Å². The van der Waals surface area contributed by atoms with E-state index in [1.54, 1.807) is 0 Å². The van der Waals surface area contributed by atoms with Gasteiger partial charge in [0.15, 0.2) is 0 Å². The first-order valence-corrected chi connectivity index (χ1v) is 6.25. The molecule has 2 atom stereocenters. The summed E-state index contributed by atoms with van der Waals surface area (Å²) in [6, 6.07) is 8.42. The number of likely N-dealkylation sites (tertiary alicyclic amines) is 1. The van der Waals surface area contributed by atoms with Crippen molar-refractivity contribution >= 4 is 5.91 Å². The van der Waals surface area contributed by atoms with Gasteiger partial charge in [0, 0.05) is 19.0 Å². The van der Waals surface area contributed by atoms with Gasteiger partial charge in [-0.2, -0.15) is 0 Å². The minimum absolute atomic E-state index is 0.0434. The fourth-order valence-electron chi connectivity index (χ4n) is 2.54. The number of likely N-dealkylation sites (N-methyl/N-ethyl adjacent to an activating group) is 1. The summed E-state index contributed by atoms with van der Waals surface area (Å²) in [7, 11) is 0. The smallest absolute Gasteiger partial charge is 0.223 e.